The van der Waals surface area contributed by atoms with Crippen molar-refractivity contribution in [3.05, 3.63) is 11.6 Å². The van der Waals surface area contributed by atoms with Crippen LogP contribution in [-0.2, 0) is 14.3 Å². The molecule has 1 saturated heterocycles. The maximum Gasteiger partial charge on any atom is 0.318 e. The normalized spacial score (nSPS) is 48.0. The smallest absolute Gasteiger partial charge is 0.318 e. The predicted molar refractivity (Wildman–Crippen MR) is 70.7 cm³/mol. The number of ether oxygens (including phenoxy) is 1. The lowest BCUT2D eigenvalue weighted by Crippen LogP contribution is -2.64. The highest BCUT2D eigenvalue weighted by molar-refractivity contribution is 5.87. The van der Waals surface area contributed by atoms with Gasteiger partial charge in [0.05, 0.1) is 18.1 Å². The number of esters is 1. The van der Waals surface area contributed by atoms with Crippen molar-refractivity contribution in [1.82, 2.24) is 0 Å². The van der Waals surface area contributed by atoms with Gasteiger partial charge in [-0.2, -0.15) is 0 Å². The molecule has 6 nitrogen and oxygen atoms in total. The van der Waals surface area contributed by atoms with Crippen LogP contribution in [0.25, 0.3) is 0 Å². The van der Waals surface area contributed by atoms with E-state index < -0.39 is 41.2 Å². The molecule has 1 heterocycles. The standard InChI is InChI=1S/C15H20O6/c1-14(2)5-8(17)11(18)15-9(14)4-3-7(6-16)10(15)12(19)21-13(15)20/h3,6,8-12,17-19H,4-5H2,1-2H3/t8-,9+,10+,11+,12+,15+/m1/s1. The maximum atomic E-state index is 12.5. The first kappa shape index (κ1) is 14.7. The van der Waals surface area contributed by atoms with Crippen molar-refractivity contribution in [3.63, 3.8) is 0 Å². The summed E-state index contributed by atoms with van der Waals surface area (Å²) in [5, 5.41) is 30.8. The molecule has 3 rings (SSSR count). The van der Waals surface area contributed by atoms with E-state index in [1.807, 2.05) is 13.8 Å². The topological polar surface area (TPSA) is 104 Å². The average molecular weight is 296 g/mol. The molecule has 21 heavy (non-hydrogen) atoms. The zero-order valence-electron chi connectivity index (χ0n) is 12.0. The highest BCUT2D eigenvalue weighted by atomic mass is 16.6. The van der Waals surface area contributed by atoms with Crippen molar-refractivity contribution in [2.45, 2.75) is 45.2 Å². The molecule has 0 aromatic heterocycles. The molecule has 0 unspecified atom stereocenters. The number of aliphatic hydroxyl groups excluding tert-OH is 3. The Morgan fingerprint density at radius 1 is 1.33 bits per heavy atom. The van der Waals surface area contributed by atoms with Crippen LogP contribution < -0.4 is 0 Å². The van der Waals surface area contributed by atoms with Crippen molar-refractivity contribution < 1.29 is 29.6 Å². The second kappa shape index (κ2) is 4.38. The Hall–Kier alpha value is -1.24. The Morgan fingerprint density at radius 2 is 2.00 bits per heavy atom. The van der Waals surface area contributed by atoms with Gasteiger partial charge in [0.2, 0.25) is 6.29 Å². The Morgan fingerprint density at radius 3 is 2.62 bits per heavy atom. The number of carbonyl (C=O) groups excluding carboxylic acids is 2. The highest BCUT2D eigenvalue weighted by Crippen LogP contribution is 2.63. The van der Waals surface area contributed by atoms with Gasteiger partial charge < -0.3 is 20.1 Å². The monoisotopic (exact) mass is 296 g/mol. The summed E-state index contributed by atoms with van der Waals surface area (Å²) >= 11 is 0. The first-order valence-corrected chi connectivity index (χ1v) is 7.17. The minimum Gasteiger partial charge on any atom is -0.435 e. The predicted octanol–water partition coefficient (Wildman–Crippen LogP) is -0.239. The third-order valence-corrected chi connectivity index (χ3v) is 5.57. The van der Waals surface area contributed by atoms with E-state index in [1.54, 1.807) is 6.08 Å². The average Bonchev–Trinajstić information content (AvgIpc) is 2.68. The Kier molecular flexibility index (Phi) is 3.06. The minimum atomic E-state index is -1.47. The van der Waals surface area contributed by atoms with E-state index in [1.165, 1.54) is 0 Å². The lowest BCUT2D eigenvalue weighted by molar-refractivity contribution is -0.194. The summed E-state index contributed by atoms with van der Waals surface area (Å²) in [6, 6.07) is 0. The largest absolute Gasteiger partial charge is 0.435 e. The van der Waals surface area contributed by atoms with Gasteiger partial charge in [0.15, 0.2) is 0 Å². The van der Waals surface area contributed by atoms with Crippen LogP contribution in [0.1, 0.15) is 26.7 Å². The van der Waals surface area contributed by atoms with Gasteiger partial charge in [-0.15, -0.1) is 0 Å². The van der Waals surface area contributed by atoms with Crippen LogP contribution in [0.2, 0.25) is 0 Å². The number of cyclic esters (lactones) is 1. The lowest BCUT2D eigenvalue weighted by Gasteiger charge is -2.56. The molecule has 1 spiro atoms. The van der Waals surface area contributed by atoms with Gasteiger partial charge in [0.1, 0.15) is 11.7 Å². The zero-order valence-corrected chi connectivity index (χ0v) is 12.0. The number of hydrogen-bond donors (Lipinski definition) is 3. The summed E-state index contributed by atoms with van der Waals surface area (Å²) in [5.41, 5.74) is -1.62. The molecule has 0 aromatic carbocycles. The van der Waals surface area contributed by atoms with Crippen LogP contribution >= 0.6 is 0 Å². The summed E-state index contributed by atoms with van der Waals surface area (Å²) in [6.45, 7) is 3.84. The number of rotatable bonds is 1. The number of allylic oxidation sites excluding steroid dienone is 1. The Labute approximate surface area is 122 Å². The molecule has 2 fully saturated rings. The van der Waals surface area contributed by atoms with Gasteiger partial charge in [-0.3, -0.25) is 9.59 Å². The first-order chi connectivity index (χ1) is 9.76. The third-order valence-electron chi connectivity index (χ3n) is 5.57. The van der Waals surface area contributed by atoms with Gasteiger partial charge in [-0.05, 0) is 29.7 Å². The van der Waals surface area contributed by atoms with Crippen molar-refractivity contribution in [3.8, 4) is 0 Å². The fraction of sp³-hybridized carbons (Fsp3) is 0.733. The summed E-state index contributed by atoms with van der Waals surface area (Å²) in [6.07, 6.45) is -0.833. The molecule has 3 N–H and O–H groups in total. The summed E-state index contributed by atoms with van der Waals surface area (Å²) in [4.78, 5) is 23.8. The highest BCUT2D eigenvalue weighted by Gasteiger charge is 2.72. The summed E-state index contributed by atoms with van der Waals surface area (Å²) in [7, 11) is 0. The fourth-order valence-corrected chi connectivity index (χ4v) is 4.73. The molecule has 3 aliphatic rings. The molecule has 1 aliphatic heterocycles. The van der Waals surface area contributed by atoms with Crippen LogP contribution in [-0.4, -0.2) is 46.1 Å². The molecule has 0 aromatic rings. The quantitative estimate of drug-likeness (QED) is 0.456. The number of hydrogen-bond acceptors (Lipinski definition) is 6. The molecular formula is C15H20O6. The van der Waals surface area contributed by atoms with Gasteiger partial charge in [-0.25, -0.2) is 0 Å². The summed E-state index contributed by atoms with van der Waals surface area (Å²) < 4.78 is 4.96. The van der Waals surface area contributed by atoms with E-state index in [0.717, 1.165) is 0 Å². The molecule has 6 atom stereocenters. The first-order valence-electron chi connectivity index (χ1n) is 7.17. The van der Waals surface area contributed by atoms with Crippen LogP contribution in [0.5, 0.6) is 0 Å². The number of aldehydes is 1. The number of aliphatic hydroxyl groups is 3. The van der Waals surface area contributed by atoms with Gasteiger partial charge >= 0.3 is 5.97 Å². The van der Waals surface area contributed by atoms with E-state index >= 15 is 0 Å². The molecular weight excluding hydrogens is 276 g/mol. The molecule has 0 bridgehead atoms. The Bertz CT molecular complexity index is 524. The van der Waals surface area contributed by atoms with E-state index in [9.17, 15) is 24.9 Å². The van der Waals surface area contributed by atoms with Crippen molar-refractivity contribution in [2.24, 2.45) is 22.7 Å². The second-order valence-electron chi connectivity index (χ2n) is 7.02. The maximum absolute atomic E-state index is 12.5. The van der Waals surface area contributed by atoms with Crippen LogP contribution in [0, 0.1) is 22.7 Å². The molecule has 116 valence electrons. The van der Waals surface area contributed by atoms with E-state index in [2.05, 4.69) is 0 Å². The second-order valence-corrected chi connectivity index (χ2v) is 7.02. The fourth-order valence-electron chi connectivity index (χ4n) is 4.73. The van der Waals surface area contributed by atoms with Gasteiger partial charge in [0.25, 0.3) is 0 Å². The van der Waals surface area contributed by atoms with Crippen LogP contribution in [0.15, 0.2) is 11.6 Å². The van der Waals surface area contributed by atoms with Gasteiger partial charge in [0, 0.05) is 0 Å². The minimum absolute atomic E-state index is 0.258. The van der Waals surface area contributed by atoms with Crippen molar-refractivity contribution in [1.29, 1.82) is 0 Å². The van der Waals surface area contributed by atoms with Crippen LogP contribution in [0.4, 0.5) is 0 Å². The zero-order chi connectivity index (χ0) is 15.6. The third kappa shape index (κ3) is 1.64. The van der Waals surface area contributed by atoms with Crippen molar-refractivity contribution >= 4 is 12.3 Å². The van der Waals surface area contributed by atoms with Crippen LogP contribution in [0.3, 0.4) is 0 Å². The van der Waals surface area contributed by atoms with E-state index in [0.29, 0.717) is 19.1 Å². The van der Waals surface area contributed by atoms with E-state index in [4.69, 9.17) is 4.74 Å². The number of carbonyl (C=O) groups is 2. The van der Waals surface area contributed by atoms with Gasteiger partial charge in [-0.1, -0.05) is 19.9 Å². The SMILES string of the molecule is CC1(C)C[C@@H](O)[C@H](O)[C@@]23C(=O)O[C@H](O)[C@@H]2C(C=O)=CC[C@@H]13. The molecule has 0 amide bonds. The van der Waals surface area contributed by atoms with Crippen molar-refractivity contribution in [2.75, 3.05) is 0 Å². The molecule has 1 saturated carbocycles. The van der Waals surface area contributed by atoms with E-state index in [-0.39, 0.29) is 11.5 Å². The molecule has 2 aliphatic carbocycles. The lowest BCUT2D eigenvalue weighted by atomic mass is 9.47. The molecule has 6 heteroatoms. The Balaban J connectivity index is 2.24. The summed E-state index contributed by atoms with van der Waals surface area (Å²) in [5.74, 6) is -1.95. The molecule has 0 radical (unpaired) electrons.